The van der Waals surface area contributed by atoms with Crippen molar-refractivity contribution in [2.24, 2.45) is 0 Å². The Morgan fingerprint density at radius 2 is 2.00 bits per heavy atom. The van der Waals surface area contributed by atoms with Crippen molar-refractivity contribution in [3.63, 3.8) is 0 Å². The van der Waals surface area contributed by atoms with E-state index < -0.39 is 0 Å². The van der Waals surface area contributed by atoms with Crippen LogP contribution in [0.15, 0.2) is 24.3 Å². The van der Waals surface area contributed by atoms with Crippen molar-refractivity contribution in [2.75, 3.05) is 0 Å². The van der Waals surface area contributed by atoms with Crippen LogP contribution in [0.5, 0.6) is 5.75 Å². The molecular formula is C15H22O2. The first-order valence-corrected chi connectivity index (χ1v) is 6.71. The van der Waals surface area contributed by atoms with E-state index in [-0.39, 0.29) is 12.2 Å². The largest absolute Gasteiger partial charge is 0.490 e. The van der Waals surface area contributed by atoms with Crippen LogP contribution < -0.4 is 4.74 Å². The summed E-state index contributed by atoms with van der Waals surface area (Å²) in [4.78, 5) is 0. The highest BCUT2D eigenvalue weighted by Gasteiger charge is 2.21. The van der Waals surface area contributed by atoms with Gasteiger partial charge in [0.1, 0.15) is 11.9 Å². The molecule has 2 nitrogen and oxygen atoms in total. The van der Waals surface area contributed by atoms with Gasteiger partial charge in [0.15, 0.2) is 0 Å². The molecule has 17 heavy (non-hydrogen) atoms. The van der Waals surface area contributed by atoms with Crippen LogP contribution in [0, 0.1) is 0 Å². The van der Waals surface area contributed by atoms with E-state index in [0.29, 0.717) is 0 Å². The highest BCUT2D eigenvalue weighted by Crippen LogP contribution is 2.24. The lowest BCUT2D eigenvalue weighted by atomic mass is 9.95. The number of hydrogen-bond donors (Lipinski definition) is 1. The first-order chi connectivity index (χ1) is 8.28. The quantitative estimate of drug-likeness (QED) is 0.866. The molecule has 1 fully saturated rings. The number of benzene rings is 1. The minimum absolute atomic E-state index is 0.173. The van der Waals surface area contributed by atoms with Crippen molar-refractivity contribution in [1.82, 2.24) is 0 Å². The molecule has 1 aliphatic carbocycles. The van der Waals surface area contributed by atoms with Gasteiger partial charge in [0.25, 0.3) is 0 Å². The third kappa shape index (κ3) is 3.74. The van der Waals surface area contributed by atoms with Gasteiger partial charge in [-0.3, -0.25) is 0 Å². The monoisotopic (exact) mass is 234 g/mol. The van der Waals surface area contributed by atoms with E-state index in [9.17, 15) is 5.11 Å². The fourth-order valence-corrected chi connectivity index (χ4v) is 2.44. The van der Waals surface area contributed by atoms with Gasteiger partial charge in [0.05, 0.1) is 6.10 Å². The zero-order valence-electron chi connectivity index (χ0n) is 10.6. The summed E-state index contributed by atoms with van der Waals surface area (Å²) in [5.41, 5.74) is 1.36. The molecule has 0 radical (unpaired) electrons. The molecule has 0 saturated heterocycles. The third-order valence-electron chi connectivity index (χ3n) is 3.36. The van der Waals surface area contributed by atoms with Crippen LogP contribution in [-0.4, -0.2) is 17.3 Å². The Balaban J connectivity index is 1.89. The minimum atomic E-state index is -0.173. The molecule has 1 aliphatic rings. The van der Waals surface area contributed by atoms with Gasteiger partial charge in [-0.2, -0.15) is 0 Å². The molecular weight excluding hydrogens is 212 g/mol. The van der Waals surface area contributed by atoms with Gasteiger partial charge in [-0.25, -0.2) is 0 Å². The Kier molecular flexibility index (Phi) is 4.43. The van der Waals surface area contributed by atoms with Crippen molar-refractivity contribution < 1.29 is 9.84 Å². The summed E-state index contributed by atoms with van der Waals surface area (Å²) in [5.74, 6) is 0.934. The number of hydrogen-bond acceptors (Lipinski definition) is 2. The van der Waals surface area contributed by atoms with Crippen LogP contribution in [0.3, 0.4) is 0 Å². The molecule has 2 unspecified atom stereocenters. The number of aryl methyl sites for hydroxylation is 1. The zero-order valence-corrected chi connectivity index (χ0v) is 10.6. The first-order valence-electron chi connectivity index (χ1n) is 6.71. The summed E-state index contributed by atoms with van der Waals surface area (Å²) < 4.78 is 5.90. The molecule has 0 aromatic heterocycles. The van der Waals surface area contributed by atoms with Gasteiger partial charge in [-0.1, -0.05) is 25.5 Å². The predicted molar refractivity (Wildman–Crippen MR) is 69.3 cm³/mol. The summed E-state index contributed by atoms with van der Waals surface area (Å²) >= 11 is 0. The molecule has 2 heteroatoms. The van der Waals surface area contributed by atoms with Crippen LogP contribution in [0.4, 0.5) is 0 Å². The van der Waals surface area contributed by atoms with E-state index in [1.54, 1.807) is 0 Å². The van der Waals surface area contributed by atoms with Crippen LogP contribution in [0.1, 0.15) is 44.6 Å². The second-order valence-corrected chi connectivity index (χ2v) is 4.95. The van der Waals surface area contributed by atoms with Crippen molar-refractivity contribution in [3.05, 3.63) is 29.8 Å². The van der Waals surface area contributed by atoms with Gasteiger partial charge in [-0.15, -0.1) is 0 Å². The van der Waals surface area contributed by atoms with E-state index in [4.69, 9.17) is 4.74 Å². The van der Waals surface area contributed by atoms with Crippen LogP contribution in [-0.2, 0) is 6.42 Å². The van der Waals surface area contributed by atoms with Gasteiger partial charge in [0.2, 0.25) is 0 Å². The second kappa shape index (κ2) is 6.06. The maximum Gasteiger partial charge on any atom is 0.119 e. The van der Waals surface area contributed by atoms with Gasteiger partial charge in [-0.05, 0) is 43.4 Å². The smallest absolute Gasteiger partial charge is 0.119 e. The van der Waals surface area contributed by atoms with Crippen molar-refractivity contribution in [1.29, 1.82) is 0 Å². The summed E-state index contributed by atoms with van der Waals surface area (Å²) in [6.07, 6.45) is 6.15. The Labute approximate surface area is 104 Å². The average Bonchev–Trinajstić information content (AvgIpc) is 2.32. The summed E-state index contributed by atoms with van der Waals surface area (Å²) in [7, 11) is 0. The molecule has 1 N–H and O–H groups in total. The lowest BCUT2D eigenvalue weighted by Gasteiger charge is -2.26. The van der Waals surface area contributed by atoms with E-state index in [2.05, 4.69) is 19.1 Å². The standard InChI is InChI=1S/C15H22O2/c1-2-4-12-7-9-14(10-8-12)17-15-6-3-5-13(16)11-15/h7-10,13,15-16H,2-6,11H2,1H3. The molecule has 0 bridgehead atoms. The fraction of sp³-hybridized carbons (Fsp3) is 0.600. The number of ether oxygens (including phenoxy) is 1. The Hall–Kier alpha value is -1.02. The predicted octanol–water partition coefficient (Wildman–Crippen LogP) is 3.32. The van der Waals surface area contributed by atoms with Crippen molar-refractivity contribution in [2.45, 2.75) is 57.7 Å². The minimum Gasteiger partial charge on any atom is -0.490 e. The molecule has 2 rings (SSSR count). The molecule has 0 amide bonds. The summed E-state index contributed by atoms with van der Waals surface area (Å²) in [6.45, 7) is 2.19. The molecule has 2 atom stereocenters. The van der Waals surface area contributed by atoms with E-state index in [1.807, 2.05) is 12.1 Å². The number of rotatable bonds is 4. The maximum absolute atomic E-state index is 9.59. The topological polar surface area (TPSA) is 29.5 Å². The highest BCUT2D eigenvalue weighted by molar-refractivity contribution is 5.27. The maximum atomic E-state index is 9.59. The molecule has 0 spiro atoms. The second-order valence-electron chi connectivity index (χ2n) is 4.95. The molecule has 1 saturated carbocycles. The fourth-order valence-electron chi connectivity index (χ4n) is 2.44. The SMILES string of the molecule is CCCc1ccc(OC2CCCC(O)C2)cc1. The summed E-state index contributed by atoms with van der Waals surface area (Å²) in [6, 6.07) is 8.37. The average molecular weight is 234 g/mol. The number of aliphatic hydroxyl groups excluding tert-OH is 1. The van der Waals surface area contributed by atoms with Gasteiger partial charge in [0, 0.05) is 6.42 Å². The van der Waals surface area contributed by atoms with E-state index in [1.165, 1.54) is 12.0 Å². The van der Waals surface area contributed by atoms with Gasteiger partial charge < -0.3 is 9.84 Å². The van der Waals surface area contributed by atoms with E-state index >= 15 is 0 Å². The van der Waals surface area contributed by atoms with Crippen molar-refractivity contribution in [3.8, 4) is 5.75 Å². The Morgan fingerprint density at radius 1 is 1.24 bits per heavy atom. The number of aliphatic hydroxyl groups is 1. The van der Waals surface area contributed by atoms with E-state index in [0.717, 1.165) is 37.9 Å². The van der Waals surface area contributed by atoms with Crippen LogP contribution >= 0.6 is 0 Å². The van der Waals surface area contributed by atoms with Crippen LogP contribution in [0.2, 0.25) is 0 Å². The molecule has 0 heterocycles. The van der Waals surface area contributed by atoms with Gasteiger partial charge >= 0.3 is 0 Å². The molecule has 1 aromatic rings. The molecule has 1 aromatic carbocycles. The first kappa shape index (κ1) is 12.4. The lowest BCUT2D eigenvalue weighted by molar-refractivity contribution is 0.0536. The van der Waals surface area contributed by atoms with Crippen molar-refractivity contribution >= 4 is 0 Å². The normalized spacial score (nSPS) is 24.6. The Bertz CT molecular complexity index is 331. The molecule has 0 aliphatic heterocycles. The third-order valence-corrected chi connectivity index (χ3v) is 3.36. The molecule has 94 valence electrons. The lowest BCUT2D eigenvalue weighted by Crippen LogP contribution is -2.28. The van der Waals surface area contributed by atoms with Crippen LogP contribution in [0.25, 0.3) is 0 Å². The zero-order chi connectivity index (χ0) is 12.1. The Morgan fingerprint density at radius 3 is 2.65 bits per heavy atom. The highest BCUT2D eigenvalue weighted by atomic mass is 16.5. The summed E-state index contributed by atoms with van der Waals surface area (Å²) in [5, 5.41) is 9.59.